The number of carbonyl (C=O) groups excluding carboxylic acids is 1. The number of amides is 1. The summed E-state index contributed by atoms with van der Waals surface area (Å²) in [4.78, 5) is 13.6. The highest BCUT2D eigenvalue weighted by atomic mass is 32.2. The van der Waals surface area contributed by atoms with Crippen molar-refractivity contribution >= 4 is 17.7 Å². The van der Waals surface area contributed by atoms with Crippen LogP contribution in [0.2, 0.25) is 0 Å². The van der Waals surface area contributed by atoms with Gasteiger partial charge in [0.2, 0.25) is 5.91 Å². The highest BCUT2D eigenvalue weighted by Gasteiger charge is 2.15. The SMILES string of the molecule is CC(O)CCC(=O)N1CCCSCC1. The van der Waals surface area contributed by atoms with Crippen molar-refractivity contribution in [1.82, 2.24) is 4.90 Å². The van der Waals surface area contributed by atoms with Gasteiger partial charge in [-0.05, 0) is 25.5 Å². The maximum Gasteiger partial charge on any atom is 0.222 e. The average Bonchev–Trinajstić information content (AvgIpc) is 2.42. The van der Waals surface area contributed by atoms with E-state index in [0.717, 1.165) is 25.3 Å². The highest BCUT2D eigenvalue weighted by molar-refractivity contribution is 7.99. The van der Waals surface area contributed by atoms with E-state index in [4.69, 9.17) is 5.11 Å². The van der Waals surface area contributed by atoms with E-state index in [1.165, 1.54) is 5.75 Å². The second-order valence-electron chi connectivity index (χ2n) is 3.73. The fourth-order valence-corrected chi connectivity index (χ4v) is 2.37. The van der Waals surface area contributed by atoms with Crippen LogP contribution in [0.15, 0.2) is 0 Å². The Hall–Kier alpha value is -0.220. The lowest BCUT2D eigenvalue weighted by Gasteiger charge is -2.20. The van der Waals surface area contributed by atoms with Gasteiger partial charge in [0.15, 0.2) is 0 Å². The number of hydrogen-bond donors (Lipinski definition) is 1. The number of aliphatic hydroxyl groups is 1. The molecule has 1 atom stereocenters. The lowest BCUT2D eigenvalue weighted by Crippen LogP contribution is -2.33. The van der Waals surface area contributed by atoms with Crippen molar-refractivity contribution in [2.24, 2.45) is 0 Å². The minimum absolute atomic E-state index is 0.202. The summed E-state index contributed by atoms with van der Waals surface area (Å²) in [7, 11) is 0. The minimum atomic E-state index is -0.361. The number of aliphatic hydroxyl groups excluding tert-OH is 1. The molecule has 3 nitrogen and oxygen atoms in total. The molecule has 1 aliphatic heterocycles. The van der Waals surface area contributed by atoms with Crippen LogP contribution in [0, 0.1) is 0 Å². The van der Waals surface area contributed by atoms with Gasteiger partial charge in [-0.1, -0.05) is 0 Å². The maximum absolute atomic E-state index is 11.7. The third-order valence-corrected chi connectivity index (χ3v) is 3.40. The average molecular weight is 217 g/mol. The monoisotopic (exact) mass is 217 g/mol. The van der Waals surface area contributed by atoms with Gasteiger partial charge in [-0.25, -0.2) is 0 Å². The molecule has 1 heterocycles. The van der Waals surface area contributed by atoms with Crippen molar-refractivity contribution in [2.75, 3.05) is 24.6 Å². The Morgan fingerprint density at radius 2 is 2.29 bits per heavy atom. The van der Waals surface area contributed by atoms with Gasteiger partial charge in [0.25, 0.3) is 0 Å². The van der Waals surface area contributed by atoms with E-state index in [1.807, 2.05) is 16.7 Å². The van der Waals surface area contributed by atoms with Crippen LogP contribution < -0.4 is 0 Å². The third-order valence-electron chi connectivity index (χ3n) is 2.35. The van der Waals surface area contributed by atoms with Crippen molar-refractivity contribution in [2.45, 2.75) is 32.3 Å². The predicted molar refractivity (Wildman–Crippen MR) is 59.4 cm³/mol. The third kappa shape index (κ3) is 4.33. The fourth-order valence-electron chi connectivity index (χ4n) is 1.49. The molecule has 82 valence electrons. The van der Waals surface area contributed by atoms with Crippen LogP contribution in [-0.2, 0) is 4.79 Å². The van der Waals surface area contributed by atoms with Gasteiger partial charge in [0.1, 0.15) is 0 Å². The summed E-state index contributed by atoms with van der Waals surface area (Å²) in [6, 6.07) is 0. The first-order valence-corrected chi connectivity index (χ1v) is 6.39. The zero-order valence-electron chi connectivity index (χ0n) is 8.74. The topological polar surface area (TPSA) is 40.5 Å². The Kier molecular flexibility index (Phi) is 5.33. The Morgan fingerprint density at radius 1 is 1.50 bits per heavy atom. The van der Waals surface area contributed by atoms with Gasteiger partial charge in [0, 0.05) is 25.3 Å². The van der Waals surface area contributed by atoms with E-state index < -0.39 is 0 Å². The molecule has 0 aromatic rings. The standard InChI is InChI=1S/C10H19NO2S/c1-9(12)3-4-10(13)11-5-2-7-14-8-6-11/h9,12H,2-8H2,1H3. The first kappa shape index (κ1) is 11.9. The largest absolute Gasteiger partial charge is 0.393 e. The molecule has 0 aromatic carbocycles. The Morgan fingerprint density at radius 3 is 3.00 bits per heavy atom. The number of nitrogens with zero attached hydrogens (tertiary/aromatic N) is 1. The second-order valence-corrected chi connectivity index (χ2v) is 4.96. The van der Waals surface area contributed by atoms with Crippen molar-refractivity contribution in [3.63, 3.8) is 0 Å². The molecule has 1 rings (SSSR count). The molecule has 0 spiro atoms. The Labute approximate surface area is 89.9 Å². The summed E-state index contributed by atoms with van der Waals surface area (Å²) in [5.74, 6) is 2.43. The fraction of sp³-hybridized carbons (Fsp3) is 0.900. The molecule has 0 aliphatic carbocycles. The summed E-state index contributed by atoms with van der Waals surface area (Å²) in [6.45, 7) is 3.50. The Balaban J connectivity index is 2.27. The van der Waals surface area contributed by atoms with Gasteiger partial charge in [-0.3, -0.25) is 4.79 Å². The van der Waals surface area contributed by atoms with Crippen LogP contribution >= 0.6 is 11.8 Å². The molecule has 4 heteroatoms. The highest BCUT2D eigenvalue weighted by Crippen LogP contribution is 2.11. The molecule has 0 saturated carbocycles. The zero-order valence-corrected chi connectivity index (χ0v) is 9.55. The van der Waals surface area contributed by atoms with E-state index in [9.17, 15) is 4.79 Å². The van der Waals surface area contributed by atoms with E-state index in [0.29, 0.717) is 12.8 Å². The van der Waals surface area contributed by atoms with Crippen LogP contribution in [0.4, 0.5) is 0 Å². The lowest BCUT2D eigenvalue weighted by molar-refractivity contribution is -0.131. The summed E-state index contributed by atoms with van der Waals surface area (Å²) in [5, 5.41) is 9.08. The lowest BCUT2D eigenvalue weighted by atomic mass is 10.2. The van der Waals surface area contributed by atoms with E-state index in [-0.39, 0.29) is 12.0 Å². The normalized spacial score (nSPS) is 20.3. The van der Waals surface area contributed by atoms with Gasteiger partial charge >= 0.3 is 0 Å². The van der Waals surface area contributed by atoms with Gasteiger partial charge < -0.3 is 10.0 Å². The first-order chi connectivity index (χ1) is 6.70. The molecule has 1 aliphatic rings. The molecule has 1 amide bonds. The molecule has 0 aromatic heterocycles. The number of rotatable bonds is 3. The van der Waals surface area contributed by atoms with Gasteiger partial charge in [0.05, 0.1) is 6.10 Å². The van der Waals surface area contributed by atoms with Crippen LogP contribution in [0.25, 0.3) is 0 Å². The molecule has 0 radical (unpaired) electrons. The summed E-state index contributed by atoms with van der Waals surface area (Å²) in [5.41, 5.74) is 0. The van der Waals surface area contributed by atoms with Crippen LogP contribution in [0.5, 0.6) is 0 Å². The van der Waals surface area contributed by atoms with E-state index in [2.05, 4.69) is 0 Å². The van der Waals surface area contributed by atoms with Crippen LogP contribution in [0.1, 0.15) is 26.2 Å². The van der Waals surface area contributed by atoms with Crippen molar-refractivity contribution in [3.8, 4) is 0 Å². The molecular formula is C10H19NO2S. The van der Waals surface area contributed by atoms with Gasteiger partial charge in [-0.15, -0.1) is 0 Å². The smallest absolute Gasteiger partial charge is 0.222 e. The second kappa shape index (κ2) is 6.30. The van der Waals surface area contributed by atoms with Crippen molar-refractivity contribution in [1.29, 1.82) is 0 Å². The number of hydrogen-bond acceptors (Lipinski definition) is 3. The molecule has 1 fully saturated rings. The summed E-state index contributed by atoms with van der Waals surface area (Å²) in [6.07, 6.45) is 1.82. The van der Waals surface area contributed by atoms with Crippen molar-refractivity contribution < 1.29 is 9.90 Å². The number of thioether (sulfide) groups is 1. The molecular weight excluding hydrogens is 198 g/mol. The molecule has 0 bridgehead atoms. The molecule has 1 saturated heterocycles. The van der Waals surface area contributed by atoms with E-state index in [1.54, 1.807) is 6.92 Å². The quantitative estimate of drug-likeness (QED) is 0.770. The molecule has 14 heavy (non-hydrogen) atoms. The van der Waals surface area contributed by atoms with Crippen LogP contribution in [0.3, 0.4) is 0 Å². The first-order valence-electron chi connectivity index (χ1n) is 5.23. The maximum atomic E-state index is 11.7. The minimum Gasteiger partial charge on any atom is -0.393 e. The predicted octanol–water partition coefficient (Wildman–Crippen LogP) is 1.11. The van der Waals surface area contributed by atoms with Crippen LogP contribution in [-0.4, -0.2) is 46.6 Å². The summed E-state index contributed by atoms with van der Waals surface area (Å²) >= 11 is 1.92. The number of carbonyl (C=O) groups is 1. The Bertz CT molecular complexity index is 177. The van der Waals surface area contributed by atoms with Crippen molar-refractivity contribution in [3.05, 3.63) is 0 Å². The molecule has 1 unspecified atom stereocenters. The summed E-state index contributed by atoms with van der Waals surface area (Å²) < 4.78 is 0. The van der Waals surface area contributed by atoms with E-state index >= 15 is 0 Å². The zero-order chi connectivity index (χ0) is 10.4. The molecule has 1 N–H and O–H groups in total. The van der Waals surface area contributed by atoms with Gasteiger partial charge in [-0.2, -0.15) is 11.8 Å².